The first-order valence-electron chi connectivity index (χ1n) is 9.52. The molecular formula is C21H23F2NO5S. The Morgan fingerprint density at radius 2 is 1.83 bits per heavy atom. The normalized spacial score (nSPS) is 16.3. The number of halogens is 2. The molecule has 0 unspecified atom stereocenters. The monoisotopic (exact) mass is 439 g/mol. The standard InChI is InChI=1S/C21H23F2NO5S/c1-30(27,28)16-7-5-6-14(12-16)17-13-15(8-9-18(17)29-19(22)23)21(24-20(25)26)10-3-2-4-11-21/h5-9,12-13,19,24H,2-4,10-11H2,1H3,(H,25,26). The van der Waals surface area contributed by atoms with Crippen LogP contribution in [0.3, 0.4) is 0 Å². The van der Waals surface area contributed by atoms with Crippen LogP contribution in [-0.2, 0) is 15.4 Å². The third-order valence-electron chi connectivity index (χ3n) is 5.37. The van der Waals surface area contributed by atoms with Crippen molar-refractivity contribution in [3.8, 4) is 16.9 Å². The minimum Gasteiger partial charge on any atom is -0.465 e. The molecule has 2 N–H and O–H groups in total. The topological polar surface area (TPSA) is 92.7 Å². The molecule has 2 aromatic carbocycles. The van der Waals surface area contributed by atoms with Crippen LogP contribution < -0.4 is 10.1 Å². The van der Waals surface area contributed by atoms with Crippen LogP contribution in [0.2, 0.25) is 0 Å². The van der Waals surface area contributed by atoms with Crippen LogP contribution >= 0.6 is 0 Å². The Labute approximate surface area is 173 Å². The second-order valence-corrected chi connectivity index (χ2v) is 9.48. The highest BCUT2D eigenvalue weighted by atomic mass is 32.2. The lowest BCUT2D eigenvalue weighted by Gasteiger charge is -2.38. The van der Waals surface area contributed by atoms with Gasteiger partial charge in [-0.3, -0.25) is 0 Å². The van der Waals surface area contributed by atoms with Crippen molar-refractivity contribution in [3.63, 3.8) is 0 Å². The van der Waals surface area contributed by atoms with E-state index in [4.69, 9.17) is 0 Å². The fourth-order valence-electron chi connectivity index (χ4n) is 3.99. The number of ether oxygens (including phenoxy) is 1. The van der Waals surface area contributed by atoms with Crippen molar-refractivity contribution >= 4 is 15.9 Å². The number of hydrogen-bond donors (Lipinski definition) is 2. The SMILES string of the molecule is CS(=O)(=O)c1cccc(-c2cc(C3(NC(=O)O)CCCCC3)ccc2OC(F)F)c1. The lowest BCUT2D eigenvalue weighted by atomic mass is 9.76. The van der Waals surface area contributed by atoms with Crippen molar-refractivity contribution in [1.82, 2.24) is 5.32 Å². The summed E-state index contributed by atoms with van der Waals surface area (Å²) in [7, 11) is -3.51. The summed E-state index contributed by atoms with van der Waals surface area (Å²) in [6.45, 7) is -3.06. The molecule has 0 atom stereocenters. The number of carboxylic acid groups (broad SMARTS) is 1. The minimum absolute atomic E-state index is 0.0458. The molecule has 0 aromatic heterocycles. The molecule has 1 aliphatic rings. The van der Waals surface area contributed by atoms with Gasteiger partial charge in [0.2, 0.25) is 0 Å². The van der Waals surface area contributed by atoms with Crippen LogP contribution in [0.15, 0.2) is 47.4 Å². The Bertz CT molecular complexity index is 1030. The number of amides is 1. The van der Waals surface area contributed by atoms with E-state index in [0.717, 1.165) is 25.5 Å². The van der Waals surface area contributed by atoms with Gasteiger partial charge in [-0.2, -0.15) is 8.78 Å². The first kappa shape index (κ1) is 22.0. The van der Waals surface area contributed by atoms with Crippen molar-refractivity contribution < 1.29 is 31.8 Å². The van der Waals surface area contributed by atoms with E-state index in [0.29, 0.717) is 24.0 Å². The Morgan fingerprint density at radius 1 is 1.13 bits per heavy atom. The van der Waals surface area contributed by atoms with E-state index in [1.165, 1.54) is 24.3 Å². The quantitative estimate of drug-likeness (QED) is 0.675. The number of benzene rings is 2. The van der Waals surface area contributed by atoms with Gasteiger partial charge in [0.15, 0.2) is 9.84 Å². The predicted octanol–water partition coefficient (Wildman–Crippen LogP) is 4.79. The summed E-state index contributed by atoms with van der Waals surface area (Å²) in [5, 5.41) is 12.0. The second kappa shape index (κ2) is 8.59. The van der Waals surface area contributed by atoms with Gasteiger partial charge in [0.1, 0.15) is 5.75 Å². The first-order chi connectivity index (χ1) is 14.1. The molecule has 1 amide bonds. The maximum atomic E-state index is 13.0. The summed E-state index contributed by atoms with van der Waals surface area (Å²) in [5.41, 5.74) is 0.453. The van der Waals surface area contributed by atoms with Gasteiger partial charge >= 0.3 is 12.7 Å². The van der Waals surface area contributed by atoms with Gasteiger partial charge in [-0.05, 0) is 48.2 Å². The van der Waals surface area contributed by atoms with Crippen molar-refractivity contribution in [2.24, 2.45) is 0 Å². The molecule has 0 heterocycles. The van der Waals surface area contributed by atoms with Crippen molar-refractivity contribution in [2.45, 2.75) is 49.2 Å². The van der Waals surface area contributed by atoms with E-state index in [1.807, 2.05) is 0 Å². The average Bonchev–Trinajstić information content (AvgIpc) is 2.67. The molecule has 0 radical (unpaired) electrons. The molecule has 0 saturated heterocycles. The molecule has 6 nitrogen and oxygen atoms in total. The van der Waals surface area contributed by atoms with E-state index in [2.05, 4.69) is 10.1 Å². The van der Waals surface area contributed by atoms with Crippen LogP contribution in [0.25, 0.3) is 11.1 Å². The van der Waals surface area contributed by atoms with Gasteiger partial charge in [0.25, 0.3) is 0 Å². The summed E-state index contributed by atoms with van der Waals surface area (Å²) in [4.78, 5) is 11.5. The van der Waals surface area contributed by atoms with Crippen LogP contribution in [0.1, 0.15) is 37.7 Å². The highest BCUT2D eigenvalue weighted by Crippen LogP contribution is 2.41. The van der Waals surface area contributed by atoms with Gasteiger partial charge in [0, 0.05) is 11.8 Å². The Balaban J connectivity index is 2.16. The van der Waals surface area contributed by atoms with E-state index in [-0.39, 0.29) is 16.2 Å². The zero-order valence-corrected chi connectivity index (χ0v) is 17.2. The van der Waals surface area contributed by atoms with Crippen LogP contribution in [0, 0.1) is 0 Å². The Morgan fingerprint density at radius 3 is 2.43 bits per heavy atom. The van der Waals surface area contributed by atoms with Gasteiger partial charge in [-0.25, -0.2) is 13.2 Å². The first-order valence-corrected chi connectivity index (χ1v) is 11.4. The predicted molar refractivity (Wildman–Crippen MR) is 108 cm³/mol. The highest BCUT2D eigenvalue weighted by molar-refractivity contribution is 7.90. The molecule has 1 aliphatic carbocycles. The lowest BCUT2D eigenvalue weighted by Crippen LogP contribution is -2.46. The number of carbonyl (C=O) groups is 1. The zero-order valence-electron chi connectivity index (χ0n) is 16.4. The van der Waals surface area contributed by atoms with Gasteiger partial charge < -0.3 is 15.2 Å². The van der Waals surface area contributed by atoms with E-state index in [1.54, 1.807) is 18.2 Å². The molecule has 30 heavy (non-hydrogen) atoms. The molecule has 1 saturated carbocycles. The summed E-state index contributed by atoms with van der Waals surface area (Å²) in [6.07, 6.45) is 3.70. The molecule has 0 spiro atoms. The minimum atomic E-state index is -3.51. The Hall–Kier alpha value is -2.68. The molecule has 162 valence electrons. The average molecular weight is 439 g/mol. The number of nitrogens with one attached hydrogen (secondary N) is 1. The summed E-state index contributed by atoms with van der Waals surface area (Å²) >= 11 is 0. The number of alkyl halides is 2. The third kappa shape index (κ3) is 4.89. The third-order valence-corrected chi connectivity index (χ3v) is 6.48. The number of sulfone groups is 1. The fraction of sp³-hybridized carbons (Fsp3) is 0.381. The molecule has 3 rings (SSSR count). The molecular weight excluding hydrogens is 416 g/mol. The zero-order chi connectivity index (χ0) is 21.9. The van der Waals surface area contributed by atoms with E-state index in [9.17, 15) is 27.1 Å². The lowest BCUT2D eigenvalue weighted by molar-refractivity contribution is -0.0494. The molecule has 0 bridgehead atoms. The Kier molecular flexibility index (Phi) is 6.30. The molecule has 0 aliphatic heterocycles. The smallest absolute Gasteiger partial charge is 0.405 e. The van der Waals surface area contributed by atoms with Gasteiger partial charge in [0.05, 0.1) is 10.4 Å². The summed E-state index contributed by atoms with van der Waals surface area (Å²) in [5.74, 6) is -0.110. The molecule has 1 fully saturated rings. The highest BCUT2D eigenvalue weighted by Gasteiger charge is 2.36. The fourth-order valence-corrected chi connectivity index (χ4v) is 4.66. The van der Waals surface area contributed by atoms with E-state index < -0.39 is 28.1 Å². The van der Waals surface area contributed by atoms with Crippen LogP contribution in [0.4, 0.5) is 13.6 Å². The van der Waals surface area contributed by atoms with Crippen LogP contribution in [-0.4, -0.2) is 32.5 Å². The number of hydrogen-bond acceptors (Lipinski definition) is 4. The van der Waals surface area contributed by atoms with Crippen molar-refractivity contribution in [2.75, 3.05) is 6.26 Å². The maximum Gasteiger partial charge on any atom is 0.405 e. The van der Waals surface area contributed by atoms with Crippen molar-refractivity contribution in [3.05, 3.63) is 48.0 Å². The summed E-state index contributed by atoms with van der Waals surface area (Å²) in [6, 6.07) is 10.5. The van der Waals surface area contributed by atoms with Gasteiger partial charge in [-0.1, -0.05) is 37.5 Å². The van der Waals surface area contributed by atoms with Gasteiger partial charge in [-0.15, -0.1) is 0 Å². The largest absolute Gasteiger partial charge is 0.465 e. The summed E-state index contributed by atoms with van der Waals surface area (Å²) < 4.78 is 54.5. The molecule has 2 aromatic rings. The van der Waals surface area contributed by atoms with E-state index >= 15 is 0 Å². The maximum absolute atomic E-state index is 13.0. The van der Waals surface area contributed by atoms with Crippen molar-refractivity contribution in [1.29, 1.82) is 0 Å². The molecule has 9 heteroatoms. The second-order valence-electron chi connectivity index (χ2n) is 7.46. The number of rotatable bonds is 6. The van der Waals surface area contributed by atoms with Crippen LogP contribution in [0.5, 0.6) is 5.75 Å².